The zero-order valence-electron chi connectivity index (χ0n) is 20.2. The van der Waals surface area contributed by atoms with Crippen LogP contribution in [0.4, 0.5) is 0 Å². The summed E-state index contributed by atoms with van der Waals surface area (Å²) in [6.45, 7) is 1.40. The Morgan fingerprint density at radius 3 is 2.60 bits per heavy atom. The minimum absolute atomic E-state index is 0.0565. The van der Waals surface area contributed by atoms with Crippen LogP contribution in [0, 0.1) is 17.3 Å². The topological polar surface area (TPSA) is 134 Å². The Hall–Kier alpha value is -3.04. The van der Waals surface area contributed by atoms with Crippen molar-refractivity contribution >= 4 is 23.8 Å². The van der Waals surface area contributed by atoms with E-state index in [0.717, 1.165) is 38.5 Å². The molecule has 5 unspecified atom stereocenters. The van der Waals surface area contributed by atoms with Crippen molar-refractivity contribution in [2.75, 3.05) is 20.3 Å². The maximum Gasteiger partial charge on any atom is 0.340 e. The largest absolute Gasteiger partial charge is 0.474 e. The average Bonchev–Trinajstić information content (AvgIpc) is 3.07. The minimum atomic E-state index is -1.72. The highest BCUT2D eigenvalue weighted by atomic mass is 16.6. The van der Waals surface area contributed by atoms with Gasteiger partial charge in [0.2, 0.25) is 5.91 Å². The van der Waals surface area contributed by atoms with Gasteiger partial charge >= 0.3 is 17.9 Å². The molecule has 1 saturated heterocycles. The molecule has 3 heterocycles. The monoisotopic (exact) mass is 488 g/mol. The smallest absolute Gasteiger partial charge is 0.340 e. The lowest BCUT2D eigenvalue weighted by molar-refractivity contribution is -0.201. The number of hydrogen-bond acceptors (Lipinski definition) is 9. The molecule has 5 atom stereocenters. The van der Waals surface area contributed by atoms with Crippen LogP contribution in [0.15, 0.2) is 22.7 Å². The highest BCUT2D eigenvalue weighted by Gasteiger charge is 2.71. The number of carbonyl (C=O) groups excluding carboxylic acids is 4. The summed E-state index contributed by atoms with van der Waals surface area (Å²) in [5, 5.41) is 0. The first kappa shape index (κ1) is 23.7. The molecule has 10 heteroatoms. The van der Waals surface area contributed by atoms with Crippen molar-refractivity contribution < 1.29 is 38.1 Å². The molecule has 0 aromatic carbocycles. The van der Waals surface area contributed by atoms with Gasteiger partial charge in [0.15, 0.2) is 5.88 Å². The van der Waals surface area contributed by atoms with Gasteiger partial charge in [-0.15, -0.1) is 0 Å². The average molecular weight is 489 g/mol. The van der Waals surface area contributed by atoms with Gasteiger partial charge in [-0.25, -0.2) is 4.79 Å². The maximum absolute atomic E-state index is 14.4. The van der Waals surface area contributed by atoms with Crippen molar-refractivity contribution in [2.45, 2.75) is 70.5 Å². The lowest BCUT2D eigenvalue weighted by Gasteiger charge is -2.52. The zero-order chi connectivity index (χ0) is 24.9. The number of esters is 3. The van der Waals surface area contributed by atoms with Crippen molar-refractivity contribution in [3.63, 3.8) is 0 Å². The third-order valence-electron chi connectivity index (χ3n) is 8.21. The number of hydrogen-bond donors (Lipinski definition) is 1. The van der Waals surface area contributed by atoms with E-state index >= 15 is 0 Å². The first-order valence-electron chi connectivity index (χ1n) is 12.5. The van der Waals surface area contributed by atoms with Crippen molar-refractivity contribution in [2.24, 2.45) is 23.0 Å². The normalized spacial score (nSPS) is 34.1. The number of allylic oxidation sites excluding steroid dienone is 1. The van der Waals surface area contributed by atoms with E-state index in [1.54, 1.807) is 6.92 Å². The van der Waals surface area contributed by atoms with Gasteiger partial charge in [0.25, 0.3) is 0 Å². The Morgan fingerprint density at radius 2 is 1.86 bits per heavy atom. The lowest BCUT2D eigenvalue weighted by atomic mass is 9.57. The molecule has 0 bridgehead atoms. The molecular weight excluding hydrogens is 456 g/mol. The van der Waals surface area contributed by atoms with E-state index in [-0.39, 0.29) is 36.6 Å². The molecule has 0 radical (unpaired) electrons. The number of nitrogens with two attached hydrogens (primary N) is 1. The number of nitrogens with zero attached hydrogens (tertiary/aromatic N) is 1. The van der Waals surface area contributed by atoms with Crippen LogP contribution in [-0.4, -0.2) is 61.2 Å². The Kier molecular flexibility index (Phi) is 6.01. The summed E-state index contributed by atoms with van der Waals surface area (Å²) in [4.78, 5) is 55.1. The summed E-state index contributed by atoms with van der Waals surface area (Å²) in [7, 11) is 1.25. The molecule has 1 amide bonds. The fourth-order valence-corrected chi connectivity index (χ4v) is 6.87. The highest BCUT2D eigenvalue weighted by molar-refractivity contribution is 6.08. The molecule has 2 fully saturated rings. The molecule has 5 aliphatic rings. The molecule has 190 valence electrons. The minimum Gasteiger partial charge on any atom is -0.474 e. The van der Waals surface area contributed by atoms with Crippen LogP contribution in [-0.2, 0) is 38.1 Å². The van der Waals surface area contributed by atoms with Gasteiger partial charge in [0, 0.05) is 11.6 Å². The van der Waals surface area contributed by atoms with Crippen molar-refractivity contribution in [1.82, 2.24) is 4.90 Å². The van der Waals surface area contributed by atoms with E-state index in [1.165, 1.54) is 12.0 Å². The van der Waals surface area contributed by atoms with E-state index in [9.17, 15) is 19.2 Å². The molecule has 10 nitrogen and oxygen atoms in total. The van der Waals surface area contributed by atoms with Crippen LogP contribution in [0.25, 0.3) is 0 Å². The third-order valence-corrected chi connectivity index (χ3v) is 8.21. The van der Waals surface area contributed by atoms with E-state index in [2.05, 4.69) is 0 Å². The van der Waals surface area contributed by atoms with Gasteiger partial charge < -0.3 is 29.6 Å². The second-order valence-corrected chi connectivity index (χ2v) is 9.85. The Bertz CT molecular complexity index is 1030. The fourth-order valence-electron chi connectivity index (χ4n) is 6.87. The summed E-state index contributed by atoms with van der Waals surface area (Å²) < 4.78 is 22.2. The molecular formula is C25H32N2O8. The highest BCUT2D eigenvalue weighted by Crippen LogP contribution is 2.61. The number of ether oxygens (including phenoxy) is 4. The number of fused-ring (bicyclic) bond motifs is 5. The van der Waals surface area contributed by atoms with Crippen LogP contribution < -0.4 is 5.73 Å². The molecule has 2 N–H and O–H groups in total. The second kappa shape index (κ2) is 8.87. The molecule has 5 rings (SSSR count). The number of rotatable bonds is 4. The number of methoxy groups -OCH3 is 1. The van der Waals surface area contributed by atoms with Crippen LogP contribution in [0.1, 0.15) is 58.3 Å². The first-order chi connectivity index (χ1) is 16.9. The predicted molar refractivity (Wildman–Crippen MR) is 120 cm³/mol. The van der Waals surface area contributed by atoms with Gasteiger partial charge in [-0.1, -0.05) is 6.42 Å². The molecule has 0 aromatic heterocycles. The van der Waals surface area contributed by atoms with Gasteiger partial charge in [-0.3, -0.25) is 14.4 Å². The van der Waals surface area contributed by atoms with E-state index in [0.29, 0.717) is 24.1 Å². The quantitative estimate of drug-likeness (QED) is 0.463. The number of amides is 1. The van der Waals surface area contributed by atoms with Crippen LogP contribution >= 0.6 is 0 Å². The van der Waals surface area contributed by atoms with Crippen LogP contribution in [0.3, 0.4) is 0 Å². The maximum atomic E-state index is 14.4. The first-order valence-corrected chi connectivity index (χ1v) is 12.5. The zero-order valence-corrected chi connectivity index (χ0v) is 20.2. The molecule has 35 heavy (non-hydrogen) atoms. The fraction of sp³-hybridized carbons (Fsp3) is 0.680. The van der Waals surface area contributed by atoms with Gasteiger partial charge in [0.05, 0.1) is 13.7 Å². The predicted octanol–water partition coefficient (Wildman–Crippen LogP) is 1.68. The molecule has 1 spiro atoms. The Morgan fingerprint density at radius 1 is 1.11 bits per heavy atom. The Labute approximate surface area is 203 Å². The number of carbonyl (C=O) groups is 4. The van der Waals surface area contributed by atoms with Gasteiger partial charge in [-0.2, -0.15) is 0 Å². The summed E-state index contributed by atoms with van der Waals surface area (Å²) >= 11 is 0. The van der Waals surface area contributed by atoms with E-state index in [1.807, 2.05) is 0 Å². The van der Waals surface area contributed by atoms with Gasteiger partial charge in [0.1, 0.15) is 35.7 Å². The SMILES string of the molecule is CCOC(=O)C1=C(N)OC2C3CCCCC3OC(=O)C2C12C(=O)N(CC(=O)OC)C1=C2CCCC1. The summed E-state index contributed by atoms with van der Waals surface area (Å²) in [5.41, 5.74) is 5.84. The summed E-state index contributed by atoms with van der Waals surface area (Å²) in [6.07, 6.45) is 4.97. The molecule has 1 saturated carbocycles. The van der Waals surface area contributed by atoms with Crippen LogP contribution in [0.2, 0.25) is 0 Å². The molecule has 3 aliphatic heterocycles. The summed E-state index contributed by atoms with van der Waals surface area (Å²) in [6, 6.07) is 0. The Balaban J connectivity index is 1.74. The standard InChI is InChI=1S/C25H32N2O8/c1-3-33-22(29)19-21(26)35-20-13-8-4-7-11-16(13)34-23(30)18(20)25(19)14-9-5-6-10-15(14)27(24(25)31)12-17(28)32-2/h13,16,18,20H,3-12,26H2,1-2H3. The van der Waals surface area contributed by atoms with Crippen molar-refractivity contribution in [1.29, 1.82) is 0 Å². The lowest BCUT2D eigenvalue weighted by Crippen LogP contribution is -2.63. The van der Waals surface area contributed by atoms with E-state index < -0.39 is 41.3 Å². The van der Waals surface area contributed by atoms with Crippen molar-refractivity contribution in [3.8, 4) is 0 Å². The molecule has 0 aromatic rings. The van der Waals surface area contributed by atoms with Crippen molar-refractivity contribution in [3.05, 3.63) is 22.7 Å². The van der Waals surface area contributed by atoms with Crippen LogP contribution in [0.5, 0.6) is 0 Å². The third kappa shape index (κ3) is 3.36. The summed E-state index contributed by atoms with van der Waals surface area (Å²) in [5.74, 6) is -3.91. The second-order valence-electron chi connectivity index (χ2n) is 9.85. The van der Waals surface area contributed by atoms with Gasteiger partial charge in [-0.05, 0) is 57.4 Å². The van der Waals surface area contributed by atoms with E-state index in [4.69, 9.17) is 24.7 Å². The molecule has 2 aliphatic carbocycles.